The van der Waals surface area contributed by atoms with Crippen molar-refractivity contribution in [1.29, 1.82) is 0 Å². The molecular weight excluding hydrogens is 562 g/mol. The predicted octanol–water partition coefficient (Wildman–Crippen LogP) is 6.50. The van der Waals surface area contributed by atoms with Crippen LogP contribution in [0.1, 0.15) is 56.1 Å². The zero-order chi connectivity index (χ0) is 27.2. The van der Waals surface area contributed by atoms with Crippen molar-refractivity contribution in [3.8, 4) is 0 Å². The number of hydrogen-bond donors (Lipinski definition) is 0. The Labute approximate surface area is 221 Å². The number of rotatable bonds is 8. The van der Waals surface area contributed by atoms with Gasteiger partial charge in [-0.25, -0.2) is 23.2 Å². The molecule has 0 saturated carbocycles. The summed E-state index contributed by atoms with van der Waals surface area (Å²) in [5.74, 6) is -2.49. The van der Waals surface area contributed by atoms with Crippen LogP contribution in [0.2, 0.25) is 0 Å². The van der Waals surface area contributed by atoms with Crippen molar-refractivity contribution in [3.63, 3.8) is 0 Å². The molecule has 0 radical (unpaired) electrons. The van der Waals surface area contributed by atoms with E-state index in [1.165, 1.54) is 18.0 Å². The van der Waals surface area contributed by atoms with E-state index in [4.69, 9.17) is 14.2 Å². The first-order chi connectivity index (χ1) is 16.8. The van der Waals surface area contributed by atoms with Gasteiger partial charge in [-0.05, 0) is 62.7 Å². The summed E-state index contributed by atoms with van der Waals surface area (Å²) in [6.07, 6.45) is -1.54. The van der Waals surface area contributed by atoms with Crippen molar-refractivity contribution in [3.05, 3.63) is 50.3 Å². The molecule has 8 nitrogen and oxygen atoms in total. The summed E-state index contributed by atoms with van der Waals surface area (Å²) < 4.78 is 45.1. The van der Waals surface area contributed by atoms with Crippen LogP contribution in [0.3, 0.4) is 0 Å². The van der Waals surface area contributed by atoms with Gasteiger partial charge in [-0.1, -0.05) is 6.07 Å². The third kappa shape index (κ3) is 7.39. The second-order valence-corrected chi connectivity index (χ2v) is 10.9. The highest BCUT2D eigenvalue weighted by atomic mass is 79.9. The molecule has 1 heterocycles. The maximum absolute atomic E-state index is 14.5. The standard InChI is InChI=1S/C24H29BrF2N2O6S/c1-7-33-21(30)18-15(12-28(6)22(31)35-24(3,4)5)19(25)36-20(18)29(23(32)34-8-2)13-14-16(26)10-9-11-17(14)27/h9-11H,7-8,12-13H2,1-6H3. The van der Waals surface area contributed by atoms with Gasteiger partial charge in [-0.15, -0.1) is 11.3 Å². The predicted molar refractivity (Wildman–Crippen MR) is 135 cm³/mol. The monoisotopic (exact) mass is 590 g/mol. The van der Waals surface area contributed by atoms with Gasteiger partial charge in [-0.3, -0.25) is 4.90 Å². The Balaban J connectivity index is 2.61. The second-order valence-electron chi connectivity index (χ2n) is 8.58. The van der Waals surface area contributed by atoms with Crippen molar-refractivity contribution >= 4 is 50.4 Å². The number of amides is 2. The summed E-state index contributed by atoms with van der Waals surface area (Å²) in [4.78, 5) is 40.8. The Bertz CT molecular complexity index is 1100. The van der Waals surface area contributed by atoms with E-state index >= 15 is 0 Å². The Hall–Kier alpha value is -2.73. The quantitative estimate of drug-likeness (QED) is 0.258. The fourth-order valence-corrected chi connectivity index (χ4v) is 4.87. The molecule has 1 aromatic heterocycles. The summed E-state index contributed by atoms with van der Waals surface area (Å²) in [7, 11) is 1.49. The van der Waals surface area contributed by atoms with Gasteiger partial charge in [0.05, 0.1) is 30.1 Å². The molecule has 1 aromatic carbocycles. The van der Waals surface area contributed by atoms with Gasteiger partial charge in [0.2, 0.25) is 0 Å². The van der Waals surface area contributed by atoms with Crippen LogP contribution in [0.5, 0.6) is 0 Å². The van der Waals surface area contributed by atoms with Gasteiger partial charge < -0.3 is 19.1 Å². The fraction of sp³-hybridized carbons (Fsp3) is 0.458. The van der Waals surface area contributed by atoms with E-state index in [9.17, 15) is 23.2 Å². The molecule has 12 heteroatoms. The maximum atomic E-state index is 14.5. The lowest BCUT2D eigenvalue weighted by molar-refractivity contribution is 0.0281. The minimum Gasteiger partial charge on any atom is -0.462 e. The molecule has 0 aliphatic rings. The smallest absolute Gasteiger partial charge is 0.415 e. The third-order valence-corrected chi connectivity index (χ3v) is 6.64. The SMILES string of the molecule is CCOC(=O)c1c(N(Cc2c(F)cccc2F)C(=O)OCC)sc(Br)c1CN(C)C(=O)OC(C)(C)C. The van der Waals surface area contributed by atoms with E-state index in [2.05, 4.69) is 15.9 Å². The van der Waals surface area contributed by atoms with Crippen LogP contribution in [0.25, 0.3) is 0 Å². The lowest BCUT2D eigenvalue weighted by Gasteiger charge is -2.25. The van der Waals surface area contributed by atoms with Gasteiger partial charge in [0, 0.05) is 18.2 Å². The fourth-order valence-electron chi connectivity index (χ4n) is 3.07. The topological polar surface area (TPSA) is 85.4 Å². The molecule has 2 aromatic rings. The molecule has 0 atom stereocenters. The largest absolute Gasteiger partial charge is 0.462 e. The van der Waals surface area contributed by atoms with Crippen LogP contribution < -0.4 is 4.90 Å². The summed E-state index contributed by atoms with van der Waals surface area (Å²) in [5.41, 5.74) is -0.812. The first kappa shape index (κ1) is 29.5. The Kier molecular flexibility index (Phi) is 10.2. The van der Waals surface area contributed by atoms with Crippen LogP contribution in [-0.2, 0) is 27.3 Å². The van der Waals surface area contributed by atoms with Gasteiger partial charge >= 0.3 is 18.2 Å². The molecule has 0 N–H and O–H groups in total. The van der Waals surface area contributed by atoms with Crippen molar-refractivity contribution in [2.24, 2.45) is 0 Å². The number of thiophene rings is 1. The molecule has 0 unspecified atom stereocenters. The summed E-state index contributed by atoms with van der Waals surface area (Å²) in [6, 6.07) is 3.35. The van der Waals surface area contributed by atoms with Crippen LogP contribution in [0, 0.1) is 11.6 Å². The lowest BCUT2D eigenvalue weighted by Crippen LogP contribution is -2.34. The minimum absolute atomic E-state index is 0.00931. The molecule has 36 heavy (non-hydrogen) atoms. The van der Waals surface area contributed by atoms with E-state index < -0.39 is 41.9 Å². The highest BCUT2D eigenvalue weighted by Gasteiger charge is 2.33. The summed E-state index contributed by atoms with van der Waals surface area (Å²) in [6.45, 7) is 7.77. The number of anilines is 1. The molecule has 2 rings (SSSR count). The molecular formula is C24H29BrF2N2O6S. The molecule has 0 bridgehead atoms. The summed E-state index contributed by atoms with van der Waals surface area (Å²) >= 11 is 4.37. The van der Waals surface area contributed by atoms with Crippen LogP contribution in [-0.4, -0.2) is 48.9 Å². The van der Waals surface area contributed by atoms with Gasteiger partial charge in [0.1, 0.15) is 27.8 Å². The maximum Gasteiger partial charge on any atom is 0.415 e. The average Bonchev–Trinajstić information content (AvgIpc) is 3.08. The molecule has 0 fully saturated rings. The second kappa shape index (κ2) is 12.5. The normalized spacial score (nSPS) is 11.1. The van der Waals surface area contributed by atoms with E-state index in [0.29, 0.717) is 9.35 Å². The van der Waals surface area contributed by atoms with Crippen LogP contribution >= 0.6 is 27.3 Å². The Morgan fingerprint density at radius 1 is 0.972 bits per heavy atom. The number of halogens is 3. The van der Waals surface area contributed by atoms with E-state index in [1.807, 2.05) is 0 Å². The van der Waals surface area contributed by atoms with Gasteiger partial charge in [-0.2, -0.15) is 0 Å². The molecule has 0 aliphatic carbocycles. The average molecular weight is 591 g/mol. The molecule has 2 amide bonds. The van der Waals surface area contributed by atoms with Crippen molar-refractivity contribution < 1.29 is 37.4 Å². The van der Waals surface area contributed by atoms with Gasteiger partial charge in [0.15, 0.2) is 0 Å². The van der Waals surface area contributed by atoms with Crippen LogP contribution in [0.15, 0.2) is 22.0 Å². The van der Waals surface area contributed by atoms with E-state index in [1.54, 1.807) is 34.6 Å². The number of esters is 1. The highest BCUT2D eigenvalue weighted by molar-refractivity contribution is 9.11. The number of nitrogens with zero attached hydrogens (tertiary/aromatic N) is 2. The number of ether oxygens (including phenoxy) is 3. The number of hydrogen-bond acceptors (Lipinski definition) is 7. The first-order valence-electron chi connectivity index (χ1n) is 11.1. The minimum atomic E-state index is -0.911. The van der Waals surface area contributed by atoms with Crippen LogP contribution in [0.4, 0.5) is 23.4 Å². The highest BCUT2D eigenvalue weighted by Crippen LogP contribution is 2.42. The molecule has 198 valence electrons. The first-order valence-corrected chi connectivity index (χ1v) is 12.7. The zero-order valence-electron chi connectivity index (χ0n) is 20.9. The van der Waals surface area contributed by atoms with Crippen molar-refractivity contribution in [2.75, 3.05) is 25.2 Å². The number of carbonyl (C=O) groups is 3. The number of benzene rings is 1. The van der Waals surface area contributed by atoms with E-state index in [0.717, 1.165) is 28.4 Å². The van der Waals surface area contributed by atoms with E-state index in [-0.39, 0.29) is 35.9 Å². The van der Waals surface area contributed by atoms with Crippen molar-refractivity contribution in [1.82, 2.24) is 4.90 Å². The zero-order valence-corrected chi connectivity index (χ0v) is 23.3. The molecule has 0 aliphatic heterocycles. The molecule has 0 spiro atoms. The Morgan fingerprint density at radius 2 is 1.56 bits per heavy atom. The third-order valence-electron chi connectivity index (χ3n) is 4.63. The van der Waals surface area contributed by atoms with Gasteiger partial charge in [0.25, 0.3) is 0 Å². The number of carbonyl (C=O) groups excluding carboxylic acids is 3. The molecule has 0 saturated heterocycles. The Morgan fingerprint density at radius 3 is 2.08 bits per heavy atom. The summed E-state index contributed by atoms with van der Waals surface area (Å²) in [5, 5.41) is 0.0500. The lowest BCUT2D eigenvalue weighted by atomic mass is 10.1. The van der Waals surface area contributed by atoms with Crippen molar-refractivity contribution in [2.45, 2.75) is 53.3 Å².